The van der Waals surface area contributed by atoms with Crippen LogP contribution in [0.1, 0.15) is 28.5 Å². The summed E-state index contributed by atoms with van der Waals surface area (Å²) in [6, 6.07) is 13.3. The molecule has 0 aliphatic heterocycles. The van der Waals surface area contributed by atoms with Gasteiger partial charge in [0.15, 0.2) is 0 Å². The Balaban J connectivity index is 1.90. The van der Waals surface area contributed by atoms with Crippen LogP contribution >= 0.6 is 0 Å². The molecule has 0 fully saturated rings. The second-order valence-corrected chi connectivity index (χ2v) is 6.16. The van der Waals surface area contributed by atoms with E-state index in [1.54, 1.807) is 43.3 Å². The van der Waals surface area contributed by atoms with Gasteiger partial charge in [-0.1, -0.05) is 24.6 Å². The van der Waals surface area contributed by atoms with Crippen molar-refractivity contribution in [3.8, 4) is 17.2 Å². The number of methoxy groups -OCH3 is 2. The molecule has 0 bridgehead atoms. The van der Waals surface area contributed by atoms with E-state index in [0.29, 0.717) is 29.2 Å². The number of carbonyl (C=O) groups is 1. The first-order chi connectivity index (χ1) is 13.0. The van der Waals surface area contributed by atoms with Gasteiger partial charge >= 0.3 is 0 Å². The number of nitrogens with zero attached hydrogens (tertiary/aromatic N) is 2. The number of aromatic nitrogens is 2. The van der Waals surface area contributed by atoms with Gasteiger partial charge in [-0.3, -0.25) is 4.79 Å². The van der Waals surface area contributed by atoms with Gasteiger partial charge in [-0.15, -0.1) is 0 Å². The van der Waals surface area contributed by atoms with Gasteiger partial charge in [0.1, 0.15) is 11.5 Å². The molecule has 0 spiro atoms. The highest BCUT2D eigenvalue weighted by atomic mass is 16.5. The highest BCUT2D eigenvalue weighted by Crippen LogP contribution is 2.26. The summed E-state index contributed by atoms with van der Waals surface area (Å²) in [5.74, 6) is 0.993. The Kier molecular flexibility index (Phi) is 5.45. The summed E-state index contributed by atoms with van der Waals surface area (Å²) in [6.07, 6.45) is 2.28. The highest BCUT2D eigenvalue weighted by Gasteiger charge is 2.18. The van der Waals surface area contributed by atoms with E-state index in [-0.39, 0.29) is 5.91 Å². The summed E-state index contributed by atoms with van der Waals surface area (Å²) in [4.78, 5) is 12.8. The maximum Gasteiger partial charge on any atom is 0.259 e. The molecule has 3 aromatic rings. The molecule has 3 rings (SSSR count). The van der Waals surface area contributed by atoms with E-state index in [1.165, 1.54) is 5.56 Å². The number of amides is 1. The van der Waals surface area contributed by atoms with Crippen LogP contribution in [-0.2, 0) is 6.42 Å². The quantitative estimate of drug-likeness (QED) is 0.717. The van der Waals surface area contributed by atoms with E-state index in [4.69, 9.17) is 9.47 Å². The zero-order valence-electron chi connectivity index (χ0n) is 15.9. The molecule has 0 unspecified atom stereocenters. The lowest BCUT2D eigenvalue weighted by molar-refractivity contribution is 0.102. The van der Waals surface area contributed by atoms with Crippen molar-refractivity contribution < 1.29 is 14.3 Å². The van der Waals surface area contributed by atoms with Crippen LogP contribution in [0.2, 0.25) is 0 Å². The van der Waals surface area contributed by atoms with Gasteiger partial charge in [-0.25, -0.2) is 4.68 Å². The minimum Gasteiger partial charge on any atom is -0.497 e. The van der Waals surface area contributed by atoms with Crippen LogP contribution in [0.5, 0.6) is 11.5 Å². The van der Waals surface area contributed by atoms with Gasteiger partial charge in [-0.05, 0) is 25.5 Å². The van der Waals surface area contributed by atoms with Crippen molar-refractivity contribution in [1.29, 1.82) is 0 Å². The third-order valence-corrected chi connectivity index (χ3v) is 4.34. The Labute approximate surface area is 158 Å². The molecule has 1 N–H and O–H groups in total. The number of benzene rings is 2. The predicted octanol–water partition coefficient (Wildman–Crippen LogP) is 4.01. The zero-order valence-corrected chi connectivity index (χ0v) is 15.9. The number of carbonyl (C=O) groups excluding carboxylic acids is 1. The molecule has 0 saturated carbocycles. The molecule has 1 heterocycles. The third-order valence-electron chi connectivity index (χ3n) is 4.34. The molecule has 0 saturated heterocycles. The lowest BCUT2D eigenvalue weighted by atomic mass is 10.1. The van der Waals surface area contributed by atoms with E-state index >= 15 is 0 Å². The molecule has 0 aliphatic carbocycles. The van der Waals surface area contributed by atoms with Crippen molar-refractivity contribution in [1.82, 2.24) is 9.78 Å². The summed E-state index contributed by atoms with van der Waals surface area (Å²) in [7, 11) is 3.14. The fourth-order valence-electron chi connectivity index (χ4n) is 2.89. The first-order valence-corrected chi connectivity index (χ1v) is 8.74. The molecule has 0 radical (unpaired) electrons. The zero-order chi connectivity index (χ0) is 19.4. The number of ether oxygens (including phenoxy) is 2. The van der Waals surface area contributed by atoms with Crippen LogP contribution < -0.4 is 14.8 Å². The van der Waals surface area contributed by atoms with Crippen molar-refractivity contribution in [2.24, 2.45) is 0 Å². The van der Waals surface area contributed by atoms with Crippen LogP contribution in [0.3, 0.4) is 0 Å². The summed E-state index contributed by atoms with van der Waals surface area (Å²) < 4.78 is 12.3. The molecule has 6 heteroatoms. The Morgan fingerprint density at radius 3 is 2.26 bits per heavy atom. The monoisotopic (exact) mass is 365 g/mol. The summed E-state index contributed by atoms with van der Waals surface area (Å²) in [5, 5.41) is 7.33. The van der Waals surface area contributed by atoms with E-state index in [0.717, 1.165) is 11.4 Å². The minimum atomic E-state index is -0.222. The van der Waals surface area contributed by atoms with E-state index in [2.05, 4.69) is 10.4 Å². The molecule has 0 atom stereocenters. The fraction of sp³-hybridized carbons (Fsp3) is 0.238. The van der Waals surface area contributed by atoms with Gasteiger partial charge in [0.25, 0.3) is 5.91 Å². The standard InChI is InChI=1S/C21H23N3O3/c1-5-20-19(13-22-24(20)16-8-6-14(2)7-9-16)21(25)23-15-10-17(26-3)12-18(11-15)27-4/h6-13H,5H2,1-4H3,(H,23,25). The molecule has 140 valence electrons. The minimum absolute atomic E-state index is 0.222. The number of anilines is 1. The van der Waals surface area contributed by atoms with Crippen molar-refractivity contribution in [3.63, 3.8) is 0 Å². The lowest BCUT2D eigenvalue weighted by Crippen LogP contribution is -2.14. The maximum absolute atomic E-state index is 12.8. The smallest absolute Gasteiger partial charge is 0.259 e. The van der Waals surface area contributed by atoms with Crippen LogP contribution in [0.25, 0.3) is 5.69 Å². The number of rotatable bonds is 6. The topological polar surface area (TPSA) is 65.4 Å². The Morgan fingerprint density at radius 1 is 1.07 bits per heavy atom. The van der Waals surface area contributed by atoms with Gasteiger partial charge < -0.3 is 14.8 Å². The molecule has 6 nitrogen and oxygen atoms in total. The Morgan fingerprint density at radius 2 is 1.70 bits per heavy atom. The van der Waals surface area contributed by atoms with Crippen molar-refractivity contribution in [2.75, 3.05) is 19.5 Å². The first-order valence-electron chi connectivity index (χ1n) is 8.74. The Hall–Kier alpha value is -3.28. The molecule has 1 amide bonds. The number of nitrogens with one attached hydrogen (secondary N) is 1. The van der Waals surface area contributed by atoms with Crippen LogP contribution in [0.15, 0.2) is 48.7 Å². The van der Waals surface area contributed by atoms with E-state index < -0.39 is 0 Å². The molecular formula is C21H23N3O3. The van der Waals surface area contributed by atoms with Crippen molar-refractivity contribution >= 4 is 11.6 Å². The molecule has 2 aromatic carbocycles. The van der Waals surface area contributed by atoms with Gasteiger partial charge in [0.2, 0.25) is 0 Å². The van der Waals surface area contributed by atoms with Gasteiger partial charge in [0.05, 0.1) is 37.4 Å². The van der Waals surface area contributed by atoms with Crippen molar-refractivity contribution in [3.05, 3.63) is 65.5 Å². The van der Waals surface area contributed by atoms with Gasteiger partial charge in [0, 0.05) is 23.9 Å². The average Bonchev–Trinajstić information content (AvgIpc) is 3.12. The summed E-state index contributed by atoms with van der Waals surface area (Å²) in [5.41, 5.74) is 4.10. The molecule has 27 heavy (non-hydrogen) atoms. The predicted molar refractivity (Wildman–Crippen MR) is 105 cm³/mol. The second-order valence-electron chi connectivity index (χ2n) is 6.16. The fourth-order valence-corrected chi connectivity index (χ4v) is 2.89. The number of hydrogen-bond acceptors (Lipinski definition) is 4. The maximum atomic E-state index is 12.8. The first kappa shape index (κ1) is 18.5. The number of hydrogen-bond donors (Lipinski definition) is 1. The van der Waals surface area contributed by atoms with E-state index in [1.807, 2.05) is 38.1 Å². The number of aryl methyl sites for hydroxylation is 1. The third kappa shape index (κ3) is 3.95. The van der Waals surface area contributed by atoms with Crippen LogP contribution in [-0.4, -0.2) is 29.9 Å². The SMILES string of the molecule is CCc1c(C(=O)Nc2cc(OC)cc(OC)c2)cnn1-c1ccc(C)cc1. The average molecular weight is 365 g/mol. The summed E-state index contributed by atoms with van der Waals surface area (Å²) in [6.45, 7) is 4.04. The van der Waals surface area contributed by atoms with Crippen molar-refractivity contribution in [2.45, 2.75) is 20.3 Å². The highest BCUT2D eigenvalue weighted by molar-refractivity contribution is 6.05. The largest absolute Gasteiger partial charge is 0.497 e. The van der Waals surface area contributed by atoms with Gasteiger partial charge in [-0.2, -0.15) is 5.10 Å². The second kappa shape index (κ2) is 7.95. The Bertz CT molecular complexity index is 924. The van der Waals surface area contributed by atoms with Crippen LogP contribution in [0.4, 0.5) is 5.69 Å². The molecular weight excluding hydrogens is 342 g/mol. The summed E-state index contributed by atoms with van der Waals surface area (Å²) >= 11 is 0. The van der Waals surface area contributed by atoms with Crippen LogP contribution in [0, 0.1) is 6.92 Å². The molecule has 0 aliphatic rings. The van der Waals surface area contributed by atoms with E-state index in [9.17, 15) is 4.79 Å². The molecule has 1 aromatic heterocycles. The lowest BCUT2D eigenvalue weighted by Gasteiger charge is -2.11. The normalized spacial score (nSPS) is 10.5.